The van der Waals surface area contributed by atoms with E-state index >= 15 is 0 Å². The van der Waals surface area contributed by atoms with E-state index in [0.717, 1.165) is 0 Å². The Kier molecular flexibility index (Phi) is 5.51. The number of carbonyl (C=O) groups is 3. The lowest BCUT2D eigenvalue weighted by molar-refractivity contribution is -0.136. The van der Waals surface area contributed by atoms with Gasteiger partial charge in [0.2, 0.25) is 0 Å². The van der Waals surface area contributed by atoms with E-state index in [4.69, 9.17) is 13.9 Å². The summed E-state index contributed by atoms with van der Waals surface area (Å²) in [6.07, 6.45) is 0.703. The number of methoxy groups -OCH3 is 2. The number of hydrogen-bond acceptors (Lipinski definition) is 8. The molecule has 0 spiro atoms. The van der Waals surface area contributed by atoms with Crippen molar-refractivity contribution in [1.29, 1.82) is 0 Å². The predicted molar refractivity (Wildman–Crippen MR) is 103 cm³/mol. The first-order valence-electron chi connectivity index (χ1n) is 8.40. The molecule has 0 saturated heterocycles. The Balaban J connectivity index is 2.10. The highest BCUT2D eigenvalue weighted by molar-refractivity contribution is 7.12. The molecule has 0 saturated carbocycles. The maximum absolute atomic E-state index is 12.4. The van der Waals surface area contributed by atoms with Crippen LogP contribution in [0.1, 0.15) is 35.2 Å². The lowest BCUT2D eigenvalue weighted by Gasteiger charge is -2.27. The highest BCUT2D eigenvalue weighted by Gasteiger charge is 2.36. The monoisotopic (exact) mass is 401 g/mol. The van der Waals surface area contributed by atoms with Crippen molar-refractivity contribution in [1.82, 2.24) is 5.32 Å². The van der Waals surface area contributed by atoms with E-state index in [1.165, 1.54) is 25.6 Å². The van der Waals surface area contributed by atoms with E-state index in [1.807, 2.05) is 0 Å². The molecule has 0 aromatic carbocycles. The van der Waals surface area contributed by atoms with Gasteiger partial charge in [0.15, 0.2) is 0 Å². The zero-order valence-corrected chi connectivity index (χ0v) is 16.6. The Bertz CT molecular complexity index is 1010. The summed E-state index contributed by atoms with van der Waals surface area (Å²) in [5.74, 6) is -0.870. The molecular weight excluding hydrogens is 382 g/mol. The molecule has 1 atom stereocenters. The second-order valence-corrected chi connectivity index (χ2v) is 7.06. The number of esters is 2. The fourth-order valence-corrected chi connectivity index (χ4v) is 4.06. The van der Waals surface area contributed by atoms with Crippen molar-refractivity contribution >= 4 is 29.6 Å². The molecule has 0 radical (unpaired) electrons. The largest absolute Gasteiger partial charge is 0.466 e. The second-order valence-electron chi connectivity index (χ2n) is 6.14. The zero-order chi connectivity index (χ0) is 20.4. The van der Waals surface area contributed by atoms with Crippen molar-refractivity contribution in [3.05, 3.63) is 56.8 Å². The average molecular weight is 401 g/mol. The number of rotatable bonds is 5. The fourth-order valence-electron chi connectivity index (χ4n) is 3.25. The lowest BCUT2D eigenvalue weighted by atomic mass is 9.84. The van der Waals surface area contributed by atoms with Crippen LogP contribution < -0.4 is 5.32 Å². The first-order valence-corrected chi connectivity index (χ1v) is 9.28. The van der Waals surface area contributed by atoms with Gasteiger partial charge in [-0.15, -0.1) is 11.3 Å². The molecule has 1 aliphatic rings. The molecule has 3 heterocycles. The van der Waals surface area contributed by atoms with Crippen LogP contribution in [-0.4, -0.2) is 32.4 Å². The van der Waals surface area contributed by atoms with Crippen LogP contribution in [0.15, 0.2) is 50.5 Å². The maximum atomic E-state index is 12.4. The van der Waals surface area contributed by atoms with Gasteiger partial charge in [-0.05, 0) is 37.4 Å². The summed E-state index contributed by atoms with van der Waals surface area (Å²) in [5.41, 5.74) is 2.49. The summed E-state index contributed by atoms with van der Waals surface area (Å²) in [5, 5.41) is 4.80. The van der Waals surface area contributed by atoms with Gasteiger partial charge in [-0.25, -0.2) is 9.59 Å². The second kappa shape index (κ2) is 7.85. The Hall–Kier alpha value is -3.13. The Morgan fingerprint density at radius 2 is 1.82 bits per heavy atom. The van der Waals surface area contributed by atoms with Gasteiger partial charge in [-0.1, -0.05) is 0 Å². The molecule has 0 aliphatic carbocycles. The first-order chi connectivity index (χ1) is 13.4. The van der Waals surface area contributed by atoms with Crippen LogP contribution in [0.3, 0.4) is 0 Å². The summed E-state index contributed by atoms with van der Waals surface area (Å²) in [6, 6.07) is 5.15. The molecule has 0 fully saturated rings. The highest BCUT2D eigenvalue weighted by atomic mass is 32.1. The Labute approximate surface area is 165 Å². The number of nitrogens with one attached hydrogen (secondary N) is 1. The summed E-state index contributed by atoms with van der Waals surface area (Å²) < 4.78 is 15.7. The van der Waals surface area contributed by atoms with Crippen LogP contribution in [0.5, 0.6) is 0 Å². The van der Waals surface area contributed by atoms with Gasteiger partial charge in [0.25, 0.3) is 0 Å². The van der Waals surface area contributed by atoms with Gasteiger partial charge < -0.3 is 19.2 Å². The number of ether oxygens (including phenoxy) is 2. The highest BCUT2D eigenvalue weighted by Crippen LogP contribution is 2.40. The third-order valence-corrected chi connectivity index (χ3v) is 5.45. The van der Waals surface area contributed by atoms with E-state index < -0.39 is 17.9 Å². The summed E-state index contributed by atoms with van der Waals surface area (Å²) in [7, 11) is 2.60. The Morgan fingerprint density at radius 1 is 1.11 bits per heavy atom. The van der Waals surface area contributed by atoms with E-state index in [1.54, 1.807) is 37.4 Å². The minimum atomic E-state index is -0.708. The fraction of sp³-hybridized carbons (Fsp3) is 0.250. The van der Waals surface area contributed by atoms with Gasteiger partial charge >= 0.3 is 11.9 Å². The number of allylic oxidation sites excluding steroid dienone is 3. The van der Waals surface area contributed by atoms with Gasteiger partial charge in [0.05, 0.1) is 25.7 Å². The molecule has 28 heavy (non-hydrogen) atoms. The Morgan fingerprint density at radius 3 is 2.46 bits per heavy atom. The van der Waals surface area contributed by atoms with Crippen molar-refractivity contribution in [2.45, 2.75) is 19.8 Å². The molecule has 2 aromatic heterocycles. The first kappa shape index (κ1) is 19.6. The number of thiophene rings is 1. The van der Waals surface area contributed by atoms with Gasteiger partial charge in [-0.3, -0.25) is 4.79 Å². The molecule has 7 nitrogen and oxygen atoms in total. The maximum Gasteiger partial charge on any atom is 0.348 e. The third-order valence-electron chi connectivity index (χ3n) is 4.56. The van der Waals surface area contributed by atoms with Crippen LogP contribution in [0.25, 0.3) is 11.3 Å². The van der Waals surface area contributed by atoms with E-state index in [-0.39, 0.29) is 0 Å². The summed E-state index contributed by atoms with van der Waals surface area (Å²) >= 11 is 1.24. The quantitative estimate of drug-likeness (QED) is 0.606. The molecule has 1 aliphatic heterocycles. The minimum Gasteiger partial charge on any atom is -0.466 e. The smallest absolute Gasteiger partial charge is 0.348 e. The van der Waals surface area contributed by atoms with Crippen molar-refractivity contribution in [2.24, 2.45) is 0 Å². The molecule has 0 amide bonds. The SMILES string of the molecule is COC(=O)C1=C(C)NC(C)=C(C=O)C1c1ccc(-c2ccsc2C(=O)OC)o1. The summed E-state index contributed by atoms with van der Waals surface area (Å²) in [4.78, 5) is 36.5. The van der Waals surface area contributed by atoms with Gasteiger partial charge in [0.1, 0.15) is 22.7 Å². The number of carbonyl (C=O) groups excluding carboxylic acids is 3. The number of dihydropyridines is 1. The third kappa shape index (κ3) is 3.27. The standard InChI is InChI=1S/C20H19NO6S/c1-10-13(9-22)17(16(11(2)21-10)19(23)25-3)15-6-5-14(27-15)12-7-8-28-18(12)20(24)26-4/h5-9,17,21H,1-4H3. The molecule has 2 aromatic rings. The molecule has 3 rings (SSSR count). The number of hydrogen-bond donors (Lipinski definition) is 1. The van der Waals surface area contributed by atoms with E-state index in [9.17, 15) is 14.4 Å². The van der Waals surface area contributed by atoms with Gasteiger partial charge in [-0.2, -0.15) is 0 Å². The van der Waals surface area contributed by atoms with Crippen LogP contribution in [0, 0.1) is 0 Å². The molecular formula is C20H19NO6S. The molecule has 1 unspecified atom stereocenters. The van der Waals surface area contributed by atoms with Crippen LogP contribution in [0.2, 0.25) is 0 Å². The van der Waals surface area contributed by atoms with Crippen LogP contribution in [0.4, 0.5) is 0 Å². The molecule has 8 heteroatoms. The lowest BCUT2D eigenvalue weighted by Crippen LogP contribution is -2.29. The van der Waals surface area contributed by atoms with E-state index in [0.29, 0.717) is 50.8 Å². The molecule has 146 valence electrons. The normalized spacial score (nSPS) is 16.6. The minimum absolute atomic E-state index is 0.301. The molecule has 0 bridgehead atoms. The van der Waals surface area contributed by atoms with E-state index in [2.05, 4.69) is 5.32 Å². The molecule has 1 N–H and O–H groups in total. The predicted octanol–water partition coefficient (Wildman–Crippen LogP) is 3.40. The van der Waals surface area contributed by atoms with Crippen molar-refractivity contribution in [3.63, 3.8) is 0 Å². The summed E-state index contributed by atoms with van der Waals surface area (Å²) in [6.45, 7) is 3.49. The van der Waals surface area contributed by atoms with Gasteiger partial charge in [0, 0.05) is 22.5 Å². The number of aldehydes is 1. The average Bonchev–Trinajstić information content (AvgIpc) is 3.35. The van der Waals surface area contributed by atoms with Crippen molar-refractivity contribution in [3.8, 4) is 11.3 Å². The topological polar surface area (TPSA) is 94.8 Å². The van der Waals surface area contributed by atoms with Crippen molar-refractivity contribution < 1.29 is 28.3 Å². The van der Waals surface area contributed by atoms with Crippen molar-refractivity contribution in [2.75, 3.05) is 14.2 Å². The van der Waals surface area contributed by atoms with Crippen LogP contribution >= 0.6 is 11.3 Å². The zero-order valence-electron chi connectivity index (χ0n) is 15.8. The number of furan rings is 1. The van der Waals surface area contributed by atoms with Crippen LogP contribution in [-0.2, 0) is 19.1 Å².